The normalized spacial score (nSPS) is 15.8. The Morgan fingerprint density at radius 3 is 1.61 bits per heavy atom. The molecule has 2 heterocycles. The second-order valence-corrected chi connectivity index (χ2v) is 10.9. The van der Waals surface area contributed by atoms with Crippen molar-refractivity contribution in [2.45, 2.75) is 39.5 Å². The molecule has 0 saturated carbocycles. The number of hydrogen-bond acceptors (Lipinski definition) is 4. The summed E-state index contributed by atoms with van der Waals surface area (Å²) >= 11 is 11.6. The van der Waals surface area contributed by atoms with Gasteiger partial charge in [-0.2, -0.15) is 0 Å². The van der Waals surface area contributed by atoms with E-state index < -0.39 is 0 Å². The van der Waals surface area contributed by atoms with Crippen LogP contribution in [0.3, 0.4) is 0 Å². The number of benzene rings is 2. The molecule has 2 aliphatic rings. The number of nitrogens with zero attached hydrogens (tertiary/aromatic N) is 2. The predicted octanol–water partition coefficient (Wildman–Crippen LogP) is 6.46. The zero-order valence-corrected chi connectivity index (χ0v) is 19.5. The van der Waals surface area contributed by atoms with Crippen LogP contribution in [-0.2, 0) is 12.8 Å². The van der Waals surface area contributed by atoms with Crippen molar-refractivity contribution < 1.29 is 0 Å². The van der Waals surface area contributed by atoms with Gasteiger partial charge in [-0.1, -0.05) is 59.8 Å². The van der Waals surface area contributed by atoms with Crippen molar-refractivity contribution in [3.05, 3.63) is 58.7 Å². The first-order valence-electron chi connectivity index (χ1n) is 9.69. The van der Waals surface area contributed by atoms with E-state index in [0.717, 1.165) is 47.4 Å². The van der Waals surface area contributed by atoms with Crippen LogP contribution < -0.4 is 9.80 Å². The molecular weight excluding hydrogens is 421 g/mol. The third-order valence-corrected chi connectivity index (χ3v) is 8.91. The van der Waals surface area contributed by atoms with E-state index in [1.165, 1.54) is 33.6 Å². The second kappa shape index (κ2) is 8.74. The fraction of sp³-hybridized carbons (Fsp3) is 0.364. The van der Waals surface area contributed by atoms with Gasteiger partial charge in [0.05, 0.1) is 0 Å². The smallest absolute Gasteiger partial charge is 0.151 e. The lowest BCUT2D eigenvalue weighted by Gasteiger charge is -2.33. The lowest BCUT2D eigenvalue weighted by molar-refractivity contribution is 0.783. The van der Waals surface area contributed by atoms with Crippen molar-refractivity contribution in [1.29, 1.82) is 0 Å². The molecule has 0 bridgehead atoms. The standard InChI is InChI=1S/C22H24N2S4/c1-15-7-9-19-17(13-15)5-3-11-23(19)21(25)27-28-22(26)24-12-4-6-18-14-16(2)8-10-20(18)24/h7-10,13-14H,3-6,11-12H2,1-2H3. The molecule has 2 nitrogen and oxygen atoms in total. The van der Waals surface area contributed by atoms with Crippen LogP contribution in [0, 0.1) is 13.8 Å². The fourth-order valence-electron chi connectivity index (χ4n) is 3.99. The first-order valence-corrected chi connectivity index (χ1v) is 12.7. The van der Waals surface area contributed by atoms with E-state index >= 15 is 0 Å². The van der Waals surface area contributed by atoms with Gasteiger partial charge < -0.3 is 9.80 Å². The Bertz CT molecular complexity index is 849. The van der Waals surface area contributed by atoms with E-state index in [0.29, 0.717) is 0 Å². The molecule has 0 atom stereocenters. The molecule has 2 aromatic rings. The van der Waals surface area contributed by atoms with Crippen LogP contribution >= 0.6 is 46.0 Å². The Morgan fingerprint density at radius 1 is 0.750 bits per heavy atom. The van der Waals surface area contributed by atoms with Crippen molar-refractivity contribution in [3.63, 3.8) is 0 Å². The Morgan fingerprint density at radius 2 is 1.18 bits per heavy atom. The highest BCUT2D eigenvalue weighted by Crippen LogP contribution is 2.37. The van der Waals surface area contributed by atoms with Gasteiger partial charge in [0, 0.05) is 24.5 Å². The maximum atomic E-state index is 5.79. The quantitative estimate of drug-likeness (QED) is 0.337. The van der Waals surface area contributed by atoms with Crippen molar-refractivity contribution in [3.8, 4) is 0 Å². The molecule has 146 valence electrons. The summed E-state index contributed by atoms with van der Waals surface area (Å²) in [4.78, 5) is 4.56. The van der Waals surface area contributed by atoms with Gasteiger partial charge >= 0.3 is 0 Å². The van der Waals surface area contributed by atoms with Crippen molar-refractivity contribution in [2.75, 3.05) is 22.9 Å². The molecule has 0 aromatic heterocycles. The maximum absolute atomic E-state index is 5.79. The summed E-state index contributed by atoms with van der Waals surface area (Å²) in [6, 6.07) is 13.4. The first kappa shape index (κ1) is 20.2. The minimum Gasteiger partial charge on any atom is -0.326 e. The van der Waals surface area contributed by atoms with Crippen molar-refractivity contribution in [2.24, 2.45) is 0 Å². The van der Waals surface area contributed by atoms with Crippen LogP contribution in [0.15, 0.2) is 36.4 Å². The van der Waals surface area contributed by atoms with E-state index in [2.05, 4.69) is 60.0 Å². The lowest BCUT2D eigenvalue weighted by Crippen LogP contribution is -2.34. The molecule has 0 fully saturated rings. The Labute approximate surface area is 186 Å². The predicted molar refractivity (Wildman–Crippen MR) is 134 cm³/mol. The van der Waals surface area contributed by atoms with E-state index in [1.54, 1.807) is 21.6 Å². The zero-order valence-electron chi connectivity index (χ0n) is 16.2. The number of anilines is 2. The molecule has 0 radical (unpaired) electrons. The third-order valence-electron chi connectivity index (χ3n) is 5.33. The first-order chi connectivity index (χ1) is 13.5. The van der Waals surface area contributed by atoms with E-state index in [1.807, 2.05) is 0 Å². The third kappa shape index (κ3) is 4.25. The number of aryl methyl sites for hydroxylation is 4. The van der Waals surface area contributed by atoms with Gasteiger partial charge in [0.1, 0.15) is 0 Å². The molecule has 0 N–H and O–H groups in total. The number of thiocarbonyl (C=S) groups is 2. The largest absolute Gasteiger partial charge is 0.326 e. The molecule has 2 aromatic carbocycles. The highest BCUT2D eigenvalue weighted by atomic mass is 33.1. The van der Waals surface area contributed by atoms with Crippen LogP contribution in [0.5, 0.6) is 0 Å². The van der Waals surface area contributed by atoms with E-state index in [-0.39, 0.29) is 0 Å². The molecule has 0 unspecified atom stereocenters. The molecule has 0 amide bonds. The molecule has 4 rings (SSSR count). The number of rotatable bonds is 0. The summed E-state index contributed by atoms with van der Waals surface area (Å²) in [5, 5.41) is 0. The molecule has 2 aliphatic heterocycles. The second-order valence-electron chi connectivity index (χ2n) is 7.47. The summed E-state index contributed by atoms with van der Waals surface area (Å²) in [6.07, 6.45) is 4.56. The monoisotopic (exact) mass is 444 g/mol. The van der Waals surface area contributed by atoms with Crippen LogP contribution in [0.4, 0.5) is 11.4 Å². The van der Waals surface area contributed by atoms with E-state index in [4.69, 9.17) is 24.4 Å². The Balaban J connectivity index is 1.43. The summed E-state index contributed by atoms with van der Waals surface area (Å²) < 4.78 is 1.80. The van der Waals surface area contributed by atoms with Crippen LogP contribution in [0.1, 0.15) is 35.1 Å². The minimum atomic E-state index is 0.901. The van der Waals surface area contributed by atoms with Gasteiger partial charge in [-0.15, -0.1) is 0 Å². The Hall–Kier alpha value is -1.08. The van der Waals surface area contributed by atoms with Gasteiger partial charge in [0.25, 0.3) is 0 Å². The van der Waals surface area contributed by atoms with Gasteiger partial charge in [0.2, 0.25) is 0 Å². The van der Waals surface area contributed by atoms with E-state index in [9.17, 15) is 0 Å². The topological polar surface area (TPSA) is 6.48 Å². The van der Waals surface area contributed by atoms with Crippen LogP contribution in [-0.4, -0.2) is 21.7 Å². The molecular formula is C22H24N2S4. The van der Waals surface area contributed by atoms with Gasteiger partial charge in [-0.05, 0) is 84.4 Å². The molecule has 0 aliphatic carbocycles. The fourth-order valence-corrected chi connectivity index (χ4v) is 6.65. The minimum absolute atomic E-state index is 0.901. The highest BCUT2D eigenvalue weighted by Gasteiger charge is 2.24. The highest BCUT2D eigenvalue weighted by molar-refractivity contribution is 8.89. The summed E-state index contributed by atoms with van der Waals surface area (Å²) in [6.45, 7) is 6.28. The van der Waals surface area contributed by atoms with Gasteiger partial charge in [0.15, 0.2) is 8.64 Å². The molecule has 28 heavy (non-hydrogen) atoms. The van der Waals surface area contributed by atoms with Gasteiger partial charge in [-0.25, -0.2) is 0 Å². The Kier molecular flexibility index (Phi) is 6.30. The molecule has 6 heteroatoms. The maximum Gasteiger partial charge on any atom is 0.151 e. The van der Waals surface area contributed by atoms with Crippen LogP contribution in [0.2, 0.25) is 0 Å². The molecule has 0 saturated heterocycles. The average molecular weight is 445 g/mol. The van der Waals surface area contributed by atoms with Gasteiger partial charge in [-0.3, -0.25) is 0 Å². The van der Waals surface area contributed by atoms with Crippen LogP contribution in [0.25, 0.3) is 0 Å². The SMILES string of the molecule is Cc1ccc2c(c1)CCCN2C(=S)SSC(=S)N1CCCc2cc(C)ccc21. The summed E-state index contributed by atoms with van der Waals surface area (Å²) in [5.74, 6) is 0. The summed E-state index contributed by atoms with van der Waals surface area (Å²) in [5.41, 5.74) is 7.96. The number of fused-ring (bicyclic) bond motifs is 2. The van der Waals surface area contributed by atoms with Crippen molar-refractivity contribution in [1.82, 2.24) is 0 Å². The molecule has 0 spiro atoms. The average Bonchev–Trinajstić information content (AvgIpc) is 2.70. The van der Waals surface area contributed by atoms with Crippen molar-refractivity contribution >= 4 is 66.0 Å². The number of hydrogen-bond donors (Lipinski definition) is 0. The lowest BCUT2D eigenvalue weighted by atomic mass is 10.0. The zero-order chi connectivity index (χ0) is 19.7. The summed E-state index contributed by atoms with van der Waals surface area (Å²) in [7, 11) is 3.24.